The maximum Gasteiger partial charge on any atom is 0.348 e. The van der Waals surface area contributed by atoms with Crippen molar-refractivity contribution < 1.29 is 13.9 Å². The van der Waals surface area contributed by atoms with Gasteiger partial charge in [-0.3, -0.25) is 0 Å². The lowest BCUT2D eigenvalue weighted by Crippen LogP contribution is -2.29. The van der Waals surface area contributed by atoms with Crippen molar-refractivity contribution in [2.24, 2.45) is 0 Å². The number of benzene rings is 1. The van der Waals surface area contributed by atoms with Crippen LogP contribution in [0.15, 0.2) is 22.7 Å². The normalized spacial score (nSPS) is 14.3. The Hall–Kier alpha value is -0.900. The summed E-state index contributed by atoms with van der Waals surface area (Å²) < 4.78 is 19.7. The fourth-order valence-corrected chi connectivity index (χ4v) is 1.65. The highest BCUT2D eigenvalue weighted by Gasteiger charge is 2.36. The summed E-state index contributed by atoms with van der Waals surface area (Å²) in [6.07, 6.45) is 0. The van der Waals surface area contributed by atoms with E-state index in [1.54, 1.807) is 25.1 Å². The molecule has 0 radical (unpaired) electrons. The highest BCUT2D eigenvalue weighted by molar-refractivity contribution is 9.10. The number of aryl methyl sites for hydroxylation is 1. The lowest BCUT2D eigenvalue weighted by Gasteiger charge is -2.19. The Morgan fingerprint density at radius 2 is 2.19 bits per heavy atom. The quantitative estimate of drug-likeness (QED) is 0.796. The third-order valence-corrected chi connectivity index (χ3v) is 3.23. The summed E-state index contributed by atoms with van der Waals surface area (Å²) in [6.45, 7) is 4.93. The molecular formula is C12H14BrFO2. The molecule has 0 saturated heterocycles. The van der Waals surface area contributed by atoms with Crippen molar-refractivity contribution in [2.45, 2.75) is 26.4 Å². The van der Waals surface area contributed by atoms with Gasteiger partial charge in [0.05, 0.1) is 6.61 Å². The standard InChI is InChI=1S/C12H14BrFO2/c1-4-16-11(15)12(3,14)9-6-5-8(2)10(13)7-9/h5-7H,4H2,1-3H3. The molecular weight excluding hydrogens is 275 g/mol. The van der Waals surface area contributed by atoms with Crippen molar-refractivity contribution in [1.29, 1.82) is 0 Å². The monoisotopic (exact) mass is 288 g/mol. The number of rotatable bonds is 3. The minimum Gasteiger partial charge on any atom is -0.463 e. The van der Waals surface area contributed by atoms with Gasteiger partial charge in [-0.1, -0.05) is 28.1 Å². The zero-order chi connectivity index (χ0) is 12.3. The summed E-state index contributed by atoms with van der Waals surface area (Å²) >= 11 is 3.31. The van der Waals surface area contributed by atoms with E-state index in [1.807, 2.05) is 6.92 Å². The number of halogens is 2. The van der Waals surface area contributed by atoms with Crippen LogP contribution in [0.5, 0.6) is 0 Å². The van der Waals surface area contributed by atoms with Gasteiger partial charge in [-0.25, -0.2) is 9.18 Å². The first-order chi connectivity index (χ1) is 7.39. The molecule has 0 aromatic heterocycles. The molecule has 88 valence electrons. The Bertz CT molecular complexity index is 402. The Kier molecular flexibility index (Phi) is 4.08. The zero-order valence-corrected chi connectivity index (χ0v) is 11.1. The van der Waals surface area contributed by atoms with Crippen molar-refractivity contribution in [3.63, 3.8) is 0 Å². The topological polar surface area (TPSA) is 26.3 Å². The largest absolute Gasteiger partial charge is 0.463 e. The minimum atomic E-state index is -2.10. The van der Waals surface area contributed by atoms with Gasteiger partial charge in [0.2, 0.25) is 5.67 Å². The third kappa shape index (κ3) is 2.61. The molecule has 1 rings (SSSR count). The molecule has 16 heavy (non-hydrogen) atoms. The van der Waals surface area contributed by atoms with E-state index >= 15 is 0 Å². The van der Waals surface area contributed by atoms with Crippen molar-refractivity contribution >= 4 is 21.9 Å². The average Bonchev–Trinajstić information content (AvgIpc) is 2.22. The van der Waals surface area contributed by atoms with Gasteiger partial charge >= 0.3 is 5.97 Å². The van der Waals surface area contributed by atoms with Crippen LogP contribution in [0.25, 0.3) is 0 Å². The third-order valence-electron chi connectivity index (χ3n) is 2.37. The van der Waals surface area contributed by atoms with Crippen LogP contribution in [0, 0.1) is 6.92 Å². The van der Waals surface area contributed by atoms with Crippen molar-refractivity contribution in [3.8, 4) is 0 Å². The number of esters is 1. The molecule has 0 aliphatic heterocycles. The maximum absolute atomic E-state index is 14.2. The predicted molar refractivity (Wildman–Crippen MR) is 64.0 cm³/mol. The Morgan fingerprint density at radius 1 is 1.56 bits per heavy atom. The lowest BCUT2D eigenvalue weighted by atomic mass is 9.97. The van der Waals surface area contributed by atoms with Gasteiger partial charge in [-0.05, 0) is 32.4 Å². The van der Waals surface area contributed by atoms with E-state index in [4.69, 9.17) is 4.74 Å². The molecule has 0 heterocycles. The van der Waals surface area contributed by atoms with E-state index in [-0.39, 0.29) is 6.61 Å². The highest BCUT2D eigenvalue weighted by Crippen LogP contribution is 2.30. The first kappa shape index (κ1) is 13.2. The number of alkyl halides is 1. The number of hydrogen-bond acceptors (Lipinski definition) is 2. The van der Waals surface area contributed by atoms with Crippen molar-refractivity contribution in [3.05, 3.63) is 33.8 Å². The second-order valence-electron chi connectivity index (χ2n) is 3.69. The molecule has 0 spiro atoms. The fourth-order valence-electron chi connectivity index (χ4n) is 1.27. The highest BCUT2D eigenvalue weighted by atomic mass is 79.9. The summed E-state index contributed by atoms with van der Waals surface area (Å²) in [5.74, 6) is -0.856. The summed E-state index contributed by atoms with van der Waals surface area (Å²) in [5, 5.41) is 0. The second kappa shape index (κ2) is 4.95. The van der Waals surface area contributed by atoms with Crippen molar-refractivity contribution in [2.75, 3.05) is 6.61 Å². The number of hydrogen-bond donors (Lipinski definition) is 0. The zero-order valence-electron chi connectivity index (χ0n) is 9.51. The van der Waals surface area contributed by atoms with Crippen LogP contribution in [0.4, 0.5) is 4.39 Å². The average molecular weight is 289 g/mol. The molecule has 1 atom stereocenters. The van der Waals surface area contributed by atoms with E-state index in [0.29, 0.717) is 5.56 Å². The van der Waals surface area contributed by atoms with Crippen LogP contribution >= 0.6 is 15.9 Å². The van der Waals surface area contributed by atoms with E-state index in [1.165, 1.54) is 6.92 Å². The van der Waals surface area contributed by atoms with E-state index in [9.17, 15) is 9.18 Å². The molecule has 0 N–H and O–H groups in total. The van der Waals surface area contributed by atoms with E-state index < -0.39 is 11.6 Å². The SMILES string of the molecule is CCOC(=O)C(C)(F)c1ccc(C)c(Br)c1. The summed E-state index contributed by atoms with van der Waals surface area (Å²) in [4.78, 5) is 11.4. The summed E-state index contributed by atoms with van der Waals surface area (Å²) in [5.41, 5.74) is -0.821. The maximum atomic E-state index is 14.2. The van der Waals surface area contributed by atoms with Gasteiger partial charge in [-0.15, -0.1) is 0 Å². The predicted octanol–water partition coefficient (Wildman–Crippen LogP) is 3.51. The minimum absolute atomic E-state index is 0.172. The molecule has 0 amide bonds. The second-order valence-corrected chi connectivity index (χ2v) is 4.54. The van der Waals surface area contributed by atoms with Gasteiger partial charge in [0.1, 0.15) is 0 Å². The van der Waals surface area contributed by atoms with Crippen LogP contribution in [0.2, 0.25) is 0 Å². The molecule has 2 nitrogen and oxygen atoms in total. The molecule has 0 bridgehead atoms. The Balaban J connectivity index is 3.06. The lowest BCUT2D eigenvalue weighted by molar-refractivity contribution is -0.156. The smallest absolute Gasteiger partial charge is 0.348 e. The number of carbonyl (C=O) groups is 1. The van der Waals surface area contributed by atoms with Gasteiger partial charge in [0.15, 0.2) is 0 Å². The first-order valence-corrected chi connectivity index (χ1v) is 5.81. The molecule has 0 aliphatic carbocycles. The van der Waals surface area contributed by atoms with Gasteiger partial charge < -0.3 is 4.74 Å². The Labute approximate surface area is 103 Å². The van der Waals surface area contributed by atoms with Gasteiger partial charge in [0, 0.05) is 10.0 Å². The van der Waals surface area contributed by atoms with Gasteiger partial charge in [0.25, 0.3) is 0 Å². The van der Waals surface area contributed by atoms with Crippen LogP contribution < -0.4 is 0 Å². The number of ether oxygens (including phenoxy) is 1. The Morgan fingerprint density at radius 3 is 2.69 bits per heavy atom. The van der Waals surface area contributed by atoms with Gasteiger partial charge in [-0.2, -0.15) is 0 Å². The van der Waals surface area contributed by atoms with Crippen LogP contribution in [-0.2, 0) is 15.2 Å². The van der Waals surface area contributed by atoms with Crippen molar-refractivity contribution in [1.82, 2.24) is 0 Å². The molecule has 1 aromatic carbocycles. The summed E-state index contributed by atoms with van der Waals surface area (Å²) in [6, 6.07) is 4.96. The molecule has 4 heteroatoms. The van der Waals surface area contributed by atoms with E-state index in [0.717, 1.165) is 10.0 Å². The molecule has 1 unspecified atom stereocenters. The van der Waals surface area contributed by atoms with Crippen LogP contribution in [0.1, 0.15) is 25.0 Å². The molecule has 0 saturated carbocycles. The fraction of sp³-hybridized carbons (Fsp3) is 0.417. The first-order valence-electron chi connectivity index (χ1n) is 5.02. The molecule has 0 aliphatic rings. The van der Waals surface area contributed by atoms with E-state index in [2.05, 4.69) is 15.9 Å². The van der Waals surface area contributed by atoms with Crippen LogP contribution in [-0.4, -0.2) is 12.6 Å². The summed E-state index contributed by atoms with van der Waals surface area (Å²) in [7, 11) is 0. The molecule has 0 fully saturated rings. The van der Waals surface area contributed by atoms with Crippen LogP contribution in [0.3, 0.4) is 0 Å². The molecule has 1 aromatic rings. The number of carbonyl (C=O) groups excluding carboxylic acids is 1.